The Hall–Kier alpha value is -0.770. The Labute approximate surface area is 124 Å². The lowest BCUT2D eigenvalue weighted by Gasteiger charge is -2.12. The number of benzene rings is 1. The summed E-state index contributed by atoms with van der Waals surface area (Å²) in [7, 11) is 0. The summed E-state index contributed by atoms with van der Waals surface area (Å²) in [6, 6.07) is 15.6. The van der Waals surface area contributed by atoms with Gasteiger partial charge in [-0.25, -0.2) is 0 Å². The fraction of sp³-hybridized carbons (Fsp3) is 0.375. The molecule has 0 aliphatic rings. The highest BCUT2D eigenvalue weighted by atomic mass is 32.2. The molecule has 2 aromatic rings. The normalized spacial score (nSPS) is 12.5. The van der Waals surface area contributed by atoms with E-state index in [-0.39, 0.29) is 0 Å². The molecule has 1 nitrogen and oxygen atoms in total. The summed E-state index contributed by atoms with van der Waals surface area (Å²) in [4.78, 5) is 4.24. The first-order valence-electron chi connectivity index (χ1n) is 6.70. The quantitative estimate of drug-likeness (QED) is 0.600. The van der Waals surface area contributed by atoms with E-state index in [1.54, 1.807) is 0 Å². The van der Waals surface area contributed by atoms with Crippen LogP contribution in [0.1, 0.15) is 16.7 Å². The van der Waals surface area contributed by atoms with Crippen molar-refractivity contribution in [3.05, 3.63) is 52.2 Å². The van der Waals surface area contributed by atoms with Gasteiger partial charge in [0.1, 0.15) is 0 Å². The smallest absolute Gasteiger partial charge is 0.0106 e. The number of rotatable bonds is 7. The number of nitrogens with one attached hydrogen (secondary N) is 1. The van der Waals surface area contributed by atoms with Gasteiger partial charge in [-0.2, -0.15) is 0 Å². The second-order valence-electron chi connectivity index (χ2n) is 4.73. The molecule has 1 unspecified atom stereocenters. The van der Waals surface area contributed by atoms with Crippen LogP contribution in [-0.2, 0) is 6.42 Å². The number of hydrogen-bond acceptors (Lipinski definition) is 3. The van der Waals surface area contributed by atoms with Crippen molar-refractivity contribution in [1.82, 2.24) is 5.32 Å². The maximum absolute atomic E-state index is 3.60. The molecule has 0 spiro atoms. The number of hydrogen-bond donors (Lipinski definition) is 1. The molecule has 1 N–H and O–H groups in total. The first-order valence-corrected chi connectivity index (χ1v) is 8.51. The van der Waals surface area contributed by atoms with Crippen LogP contribution in [0.2, 0.25) is 0 Å². The molecule has 0 aliphatic carbocycles. The van der Waals surface area contributed by atoms with Crippen molar-refractivity contribution in [3.63, 3.8) is 0 Å². The third kappa shape index (κ3) is 5.39. The predicted molar refractivity (Wildman–Crippen MR) is 87.4 cm³/mol. The summed E-state index contributed by atoms with van der Waals surface area (Å²) >= 11 is 3.82. The zero-order valence-corrected chi connectivity index (χ0v) is 13.2. The summed E-state index contributed by atoms with van der Waals surface area (Å²) < 4.78 is 0. The minimum absolute atomic E-state index is 0.550. The van der Waals surface area contributed by atoms with Gasteiger partial charge < -0.3 is 5.32 Å². The van der Waals surface area contributed by atoms with E-state index in [9.17, 15) is 0 Å². The standard InChI is InChI=1S/C16H21NS2/c1-13(12-16-9-8-14(2)19-16)17-10-11-18-15-6-4-3-5-7-15/h3-9,13,17H,10-12H2,1-2H3. The summed E-state index contributed by atoms with van der Waals surface area (Å²) in [6.07, 6.45) is 1.13. The highest BCUT2D eigenvalue weighted by Gasteiger charge is 2.04. The average molecular weight is 291 g/mol. The van der Waals surface area contributed by atoms with Gasteiger partial charge in [0.2, 0.25) is 0 Å². The van der Waals surface area contributed by atoms with Gasteiger partial charge in [0.25, 0.3) is 0 Å². The molecule has 0 aliphatic heterocycles. The third-order valence-corrected chi connectivity index (χ3v) is 4.95. The molecule has 1 atom stereocenters. The lowest BCUT2D eigenvalue weighted by atomic mass is 10.2. The van der Waals surface area contributed by atoms with E-state index in [0.717, 1.165) is 18.7 Å². The Morgan fingerprint density at radius 3 is 2.63 bits per heavy atom. The number of thioether (sulfide) groups is 1. The van der Waals surface area contributed by atoms with Gasteiger partial charge in [-0.1, -0.05) is 18.2 Å². The summed E-state index contributed by atoms with van der Waals surface area (Å²) in [5, 5.41) is 3.60. The van der Waals surface area contributed by atoms with Crippen molar-refractivity contribution >= 4 is 23.1 Å². The van der Waals surface area contributed by atoms with E-state index in [4.69, 9.17) is 0 Å². The van der Waals surface area contributed by atoms with Crippen LogP contribution in [0, 0.1) is 6.92 Å². The van der Waals surface area contributed by atoms with E-state index < -0.39 is 0 Å². The van der Waals surface area contributed by atoms with Crippen LogP contribution in [-0.4, -0.2) is 18.3 Å². The van der Waals surface area contributed by atoms with E-state index in [2.05, 4.69) is 61.6 Å². The van der Waals surface area contributed by atoms with Crippen molar-refractivity contribution in [2.75, 3.05) is 12.3 Å². The Balaban J connectivity index is 1.63. The summed E-state index contributed by atoms with van der Waals surface area (Å²) in [5.74, 6) is 1.12. The minimum atomic E-state index is 0.550. The van der Waals surface area contributed by atoms with E-state index in [1.165, 1.54) is 14.6 Å². The minimum Gasteiger partial charge on any atom is -0.313 e. The lowest BCUT2D eigenvalue weighted by molar-refractivity contribution is 0.571. The van der Waals surface area contributed by atoms with Crippen LogP contribution < -0.4 is 5.32 Å². The summed E-state index contributed by atoms with van der Waals surface area (Å²) in [5.41, 5.74) is 0. The molecule has 2 rings (SSSR count). The van der Waals surface area contributed by atoms with Crippen molar-refractivity contribution in [2.45, 2.75) is 31.2 Å². The van der Waals surface area contributed by atoms with Crippen molar-refractivity contribution in [3.8, 4) is 0 Å². The molecule has 0 fully saturated rings. The van der Waals surface area contributed by atoms with Gasteiger partial charge in [-0.3, -0.25) is 0 Å². The topological polar surface area (TPSA) is 12.0 Å². The molecule has 102 valence electrons. The molecule has 3 heteroatoms. The van der Waals surface area contributed by atoms with Gasteiger partial charge in [-0.05, 0) is 44.5 Å². The molecule has 0 amide bonds. The molecule has 0 bridgehead atoms. The van der Waals surface area contributed by atoms with Crippen molar-refractivity contribution < 1.29 is 0 Å². The van der Waals surface area contributed by atoms with Crippen LogP contribution in [0.15, 0.2) is 47.4 Å². The Bertz CT molecular complexity index is 479. The molecule has 0 saturated carbocycles. The first-order chi connectivity index (χ1) is 9.24. The second kappa shape index (κ2) is 7.73. The second-order valence-corrected chi connectivity index (χ2v) is 7.27. The zero-order valence-electron chi connectivity index (χ0n) is 11.6. The van der Waals surface area contributed by atoms with E-state index in [1.807, 2.05) is 23.1 Å². The highest BCUT2D eigenvalue weighted by Crippen LogP contribution is 2.17. The van der Waals surface area contributed by atoms with Gasteiger partial charge in [0.05, 0.1) is 0 Å². The Kier molecular flexibility index (Phi) is 5.95. The average Bonchev–Trinajstić information content (AvgIpc) is 2.81. The lowest BCUT2D eigenvalue weighted by Crippen LogP contribution is -2.29. The van der Waals surface area contributed by atoms with Gasteiger partial charge in [0, 0.05) is 33.0 Å². The van der Waals surface area contributed by atoms with Crippen LogP contribution in [0.5, 0.6) is 0 Å². The highest BCUT2D eigenvalue weighted by molar-refractivity contribution is 7.99. The zero-order chi connectivity index (χ0) is 13.5. The number of aryl methyl sites for hydroxylation is 1. The predicted octanol–water partition coefficient (Wildman–Crippen LogP) is 4.37. The largest absolute Gasteiger partial charge is 0.313 e. The SMILES string of the molecule is Cc1ccc(CC(C)NCCSc2ccccc2)s1. The van der Waals surface area contributed by atoms with Gasteiger partial charge in [-0.15, -0.1) is 23.1 Å². The van der Waals surface area contributed by atoms with Crippen molar-refractivity contribution in [1.29, 1.82) is 0 Å². The molecule has 0 radical (unpaired) electrons. The number of thiophene rings is 1. The fourth-order valence-electron chi connectivity index (χ4n) is 1.96. The monoisotopic (exact) mass is 291 g/mol. The molecule has 1 aromatic heterocycles. The molecule has 19 heavy (non-hydrogen) atoms. The van der Waals surface area contributed by atoms with Gasteiger partial charge >= 0.3 is 0 Å². The first kappa shape index (κ1) is 14.6. The third-order valence-electron chi connectivity index (χ3n) is 2.91. The summed E-state index contributed by atoms with van der Waals surface area (Å²) in [6.45, 7) is 5.50. The molecule has 0 saturated heterocycles. The van der Waals surface area contributed by atoms with Crippen LogP contribution in [0.4, 0.5) is 0 Å². The van der Waals surface area contributed by atoms with Crippen molar-refractivity contribution in [2.24, 2.45) is 0 Å². The Morgan fingerprint density at radius 1 is 1.16 bits per heavy atom. The maximum atomic E-state index is 3.60. The van der Waals surface area contributed by atoms with Crippen LogP contribution >= 0.6 is 23.1 Å². The maximum Gasteiger partial charge on any atom is 0.0106 e. The van der Waals surface area contributed by atoms with E-state index in [0.29, 0.717) is 6.04 Å². The van der Waals surface area contributed by atoms with Gasteiger partial charge in [0.15, 0.2) is 0 Å². The molecule has 1 heterocycles. The molecular weight excluding hydrogens is 270 g/mol. The van der Waals surface area contributed by atoms with E-state index >= 15 is 0 Å². The van der Waals surface area contributed by atoms with Crippen LogP contribution in [0.3, 0.4) is 0 Å². The molecular formula is C16H21NS2. The van der Waals surface area contributed by atoms with Crippen LogP contribution in [0.25, 0.3) is 0 Å². The Morgan fingerprint density at radius 2 is 1.95 bits per heavy atom. The fourth-order valence-corrected chi connectivity index (χ4v) is 3.78. The molecule has 1 aromatic carbocycles.